The molecule has 5 rings (SSSR count). The largest absolute Gasteiger partial charge is 0.503 e. The fourth-order valence-electron chi connectivity index (χ4n) is 3.72. The molecule has 2 N–H and O–H groups in total. The molecule has 0 amide bonds. The van der Waals surface area contributed by atoms with Crippen LogP contribution in [0.5, 0.6) is 11.6 Å². The van der Waals surface area contributed by atoms with E-state index >= 15 is 0 Å². The van der Waals surface area contributed by atoms with Gasteiger partial charge in [0.2, 0.25) is 11.7 Å². The minimum absolute atomic E-state index is 0.0833. The topological polar surface area (TPSA) is 132 Å². The van der Waals surface area contributed by atoms with Crippen molar-refractivity contribution in [1.82, 2.24) is 9.55 Å². The van der Waals surface area contributed by atoms with Gasteiger partial charge in [0.25, 0.3) is 5.69 Å². The Balaban J connectivity index is 1.78. The third-order valence-corrected chi connectivity index (χ3v) is 6.88. The zero-order valence-electron chi connectivity index (χ0n) is 17.2. The molecule has 0 radical (unpaired) electrons. The Morgan fingerprint density at radius 2 is 2.00 bits per heavy atom. The second kappa shape index (κ2) is 7.57. The highest BCUT2D eigenvalue weighted by Crippen LogP contribution is 2.46. The molecule has 0 atom stereocenters. The van der Waals surface area contributed by atoms with Crippen molar-refractivity contribution in [3.05, 3.63) is 73.9 Å². The average molecular weight is 482 g/mol. The number of furan rings is 1. The SMILES string of the molecule is Cc1cc(C(=O)c2c(O)c(O)n(-c3nc4ccc([N+](=O)[O-])cc4s3)c2-c2ccsc2)c(C)o1. The number of rotatable bonds is 5. The van der Waals surface area contributed by atoms with E-state index in [9.17, 15) is 25.1 Å². The minimum Gasteiger partial charge on any atom is -0.503 e. The molecule has 0 unspecified atom stereocenters. The highest BCUT2D eigenvalue weighted by atomic mass is 32.1. The first-order valence-electron chi connectivity index (χ1n) is 9.62. The number of hydrogen-bond donors (Lipinski definition) is 2. The van der Waals surface area contributed by atoms with Crippen LogP contribution in [0.3, 0.4) is 0 Å². The second-order valence-electron chi connectivity index (χ2n) is 7.30. The van der Waals surface area contributed by atoms with Crippen molar-refractivity contribution in [2.24, 2.45) is 0 Å². The van der Waals surface area contributed by atoms with Crippen LogP contribution >= 0.6 is 22.7 Å². The van der Waals surface area contributed by atoms with Crippen molar-refractivity contribution in [2.45, 2.75) is 13.8 Å². The maximum absolute atomic E-state index is 13.5. The van der Waals surface area contributed by atoms with Crippen molar-refractivity contribution in [1.29, 1.82) is 0 Å². The highest BCUT2D eigenvalue weighted by Gasteiger charge is 2.32. The van der Waals surface area contributed by atoms with Gasteiger partial charge in [-0.3, -0.25) is 19.5 Å². The monoisotopic (exact) mass is 481 g/mol. The number of aryl methyl sites for hydroxylation is 2. The quantitative estimate of drug-likeness (QED) is 0.190. The Hall–Kier alpha value is -3.96. The molecular weight excluding hydrogens is 466 g/mol. The Morgan fingerprint density at radius 3 is 2.64 bits per heavy atom. The first-order chi connectivity index (χ1) is 15.8. The number of ketones is 1. The standard InChI is InChI=1S/C22H15N3O6S2/c1-10-7-14(11(2)31-10)19(26)17-18(12-5-6-32-9-12)24(21(28)20(17)27)22-23-15-4-3-13(25(29)30)8-16(15)33-22/h3-9,27-28H,1-2H3. The van der Waals surface area contributed by atoms with Crippen molar-refractivity contribution in [2.75, 3.05) is 0 Å². The van der Waals surface area contributed by atoms with Gasteiger partial charge in [-0.05, 0) is 37.4 Å². The van der Waals surface area contributed by atoms with Gasteiger partial charge in [-0.25, -0.2) is 4.98 Å². The molecule has 1 aromatic carbocycles. The molecule has 166 valence electrons. The number of carbonyl (C=O) groups is 1. The number of nitro benzene ring substituents is 1. The molecule has 11 heteroatoms. The van der Waals surface area contributed by atoms with E-state index < -0.39 is 22.3 Å². The Labute approximate surface area is 193 Å². The van der Waals surface area contributed by atoms with Crippen LogP contribution in [-0.4, -0.2) is 30.5 Å². The molecule has 0 aliphatic heterocycles. The lowest BCUT2D eigenvalue weighted by Gasteiger charge is -2.07. The summed E-state index contributed by atoms with van der Waals surface area (Å²) in [5, 5.41) is 36.7. The summed E-state index contributed by atoms with van der Waals surface area (Å²) in [6, 6.07) is 7.60. The van der Waals surface area contributed by atoms with Crippen LogP contribution in [-0.2, 0) is 0 Å². The molecule has 4 aromatic heterocycles. The Kier molecular flexibility index (Phi) is 4.80. The summed E-state index contributed by atoms with van der Waals surface area (Å²) in [7, 11) is 0. The van der Waals surface area contributed by atoms with Gasteiger partial charge in [-0.2, -0.15) is 11.3 Å². The van der Waals surface area contributed by atoms with Crippen molar-refractivity contribution >= 4 is 44.4 Å². The maximum atomic E-state index is 13.5. The van der Waals surface area contributed by atoms with E-state index in [4.69, 9.17) is 4.42 Å². The van der Waals surface area contributed by atoms with Gasteiger partial charge < -0.3 is 14.6 Å². The second-order valence-corrected chi connectivity index (χ2v) is 9.09. The number of hydrogen-bond acceptors (Lipinski definition) is 9. The van der Waals surface area contributed by atoms with Crippen LogP contribution < -0.4 is 0 Å². The Morgan fingerprint density at radius 1 is 1.21 bits per heavy atom. The molecule has 0 saturated carbocycles. The highest BCUT2D eigenvalue weighted by molar-refractivity contribution is 7.20. The average Bonchev–Trinajstić information content (AvgIpc) is 3.54. The van der Waals surface area contributed by atoms with Crippen LogP contribution in [0.25, 0.3) is 26.6 Å². The fraction of sp³-hybridized carbons (Fsp3) is 0.0909. The summed E-state index contributed by atoms with van der Waals surface area (Å²) >= 11 is 2.48. The fourth-order valence-corrected chi connectivity index (χ4v) is 5.37. The number of carbonyl (C=O) groups excluding carboxylic acids is 1. The van der Waals surface area contributed by atoms with E-state index in [0.29, 0.717) is 27.3 Å². The van der Waals surface area contributed by atoms with Crippen LogP contribution in [0.4, 0.5) is 5.69 Å². The summed E-state index contributed by atoms with van der Waals surface area (Å²) in [6.45, 7) is 3.37. The molecule has 0 saturated heterocycles. The van der Waals surface area contributed by atoms with E-state index in [1.807, 2.05) is 5.38 Å². The van der Waals surface area contributed by atoms with Crippen molar-refractivity contribution in [3.8, 4) is 28.0 Å². The van der Waals surface area contributed by atoms with Crippen LogP contribution in [0.15, 0.2) is 45.5 Å². The summed E-state index contributed by atoms with van der Waals surface area (Å²) in [5.41, 5.74) is 1.46. The number of thiazole rings is 1. The van der Waals surface area contributed by atoms with Gasteiger partial charge in [0.1, 0.15) is 11.5 Å². The third-order valence-electron chi connectivity index (χ3n) is 5.19. The zero-order valence-corrected chi connectivity index (χ0v) is 18.9. The van der Waals surface area contributed by atoms with Crippen LogP contribution in [0.1, 0.15) is 27.4 Å². The number of aromatic hydroxyl groups is 2. The number of non-ortho nitro benzene ring substituents is 1. The summed E-state index contributed by atoms with van der Waals surface area (Å²) in [6.07, 6.45) is 0. The van der Waals surface area contributed by atoms with Gasteiger partial charge in [0.05, 0.1) is 32.0 Å². The van der Waals surface area contributed by atoms with Crippen LogP contribution in [0.2, 0.25) is 0 Å². The van der Waals surface area contributed by atoms with Gasteiger partial charge in [-0.15, -0.1) is 0 Å². The molecule has 0 fully saturated rings. The van der Waals surface area contributed by atoms with E-state index in [1.54, 1.807) is 31.4 Å². The number of thiophene rings is 1. The maximum Gasteiger partial charge on any atom is 0.270 e. The molecule has 5 aromatic rings. The predicted octanol–water partition coefficient (Wildman–Crippen LogP) is 5.58. The van der Waals surface area contributed by atoms with Gasteiger partial charge in [0, 0.05) is 23.1 Å². The number of fused-ring (bicyclic) bond motifs is 1. The summed E-state index contributed by atoms with van der Waals surface area (Å²) in [5.74, 6) is -0.693. The summed E-state index contributed by atoms with van der Waals surface area (Å²) in [4.78, 5) is 28.6. The van der Waals surface area contributed by atoms with Gasteiger partial charge >= 0.3 is 0 Å². The lowest BCUT2D eigenvalue weighted by molar-refractivity contribution is -0.384. The minimum atomic E-state index is -0.579. The zero-order chi connectivity index (χ0) is 23.4. The molecule has 9 nitrogen and oxygen atoms in total. The van der Waals surface area contributed by atoms with Crippen molar-refractivity contribution in [3.63, 3.8) is 0 Å². The van der Waals surface area contributed by atoms with Gasteiger partial charge in [-0.1, -0.05) is 11.3 Å². The van der Waals surface area contributed by atoms with E-state index in [-0.39, 0.29) is 27.6 Å². The molecule has 0 spiro atoms. The van der Waals surface area contributed by atoms with Crippen LogP contribution in [0, 0.1) is 24.0 Å². The Bertz CT molecular complexity index is 1560. The number of nitrogens with zero attached hydrogens (tertiary/aromatic N) is 3. The molecule has 4 heterocycles. The van der Waals surface area contributed by atoms with E-state index in [1.165, 1.54) is 34.1 Å². The van der Waals surface area contributed by atoms with E-state index in [0.717, 1.165) is 11.3 Å². The lowest BCUT2D eigenvalue weighted by Crippen LogP contribution is -2.04. The number of aromatic nitrogens is 2. The molecule has 0 aliphatic carbocycles. The lowest BCUT2D eigenvalue weighted by atomic mass is 10.0. The van der Waals surface area contributed by atoms with Crippen molar-refractivity contribution < 1.29 is 24.3 Å². The first-order valence-corrected chi connectivity index (χ1v) is 11.4. The van der Waals surface area contributed by atoms with E-state index in [2.05, 4.69) is 4.98 Å². The molecule has 0 bridgehead atoms. The molecular formula is C22H15N3O6S2. The predicted molar refractivity (Wildman–Crippen MR) is 124 cm³/mol. The van der Waals surface area contributed by atoms with Gasteiger partial charge in [0.15, 0.2) is 10.9 Å². The molecule has 33 heavy (non-hydrogen) atoms. The normalized spacial score (nSPS) is 11.3. The smallest absolute Gasteiger partial charge is 0.270 e. The molecule has 0 aliphatic rings. The number of benzene rings is 1. The first kappa shape index (κ1) is 20.9. The third kappa shape index (κ3) is 3.29. The number of nitro groups is 1. The summed E-state index contributed by atoms with van der Waals surface area (Å²) < 4.78 is 7.30.